The van der Waals surface area contributed by atoms with Gasteiger partial charge in [0.25, 0.3) is 0 Å². The first kappa shape index (κ1) is 14.4. The molecule has 7 heteroatoms. The lowest BCUT2D eigenvalue weighted by Crippen LogP contribution is -2.20. The maximum absolute atomic E-state index is 11.4. The predicted molar refractivity (Wildman–Crippen MR) is 71.9 cm³/mol. The SMILES string of the molecule is CCCNC(C)c1csc(NS(=O)(=O)CC)n1. The molecule has 1 rings (SSSR count). The second kappa shape index (κ2) is 6.32. The summed E-state index contributed by atoms with van der Waals surface area (Å²) in [6.45, 7) is 6.64. The molecule has 0 aliphatic rings. The first-order chi connectivity index (χ1) is 7.98. The van der Waals surface area contributed by atoms with E-state index >= 15 is 0 Å². The first-order valence-electron chi connectivity index (χ1n) is 5.67. The highest BCUT2D eigenvalue weighted by Crippen LogP contribution is 2.21. The van der Waals surface area contributed by atoms with Crippen molar-refractivity contribution in [2.24, 2.45) is 0 Å². The van der Waals surface area contributed by atoms with Gasteiger partial charge >= 0.3 is 0 Å². The number of hydrogen-bond acceptors (Lipinski definition) is 5. The van der Waals surface area contributed by atoms with Crippen LogP contribution < -0.4 is 10.0 Å². The smallest absolute Gasteiger partial charge is 0.234 e. The molecule has 0 bridgehead atoms. The van der Waals surface area contributed by atoms with Crippen LogP contribution in [-0.2, 0) is 10.0 Å². The van der Waals surface area contributed by atoms with E-state index in [9.17, 15) is 8.42 Å². The van der Waals surface area contributed by atoms with Crippen molar-refractivity contribution in [3.8, 4) is 0 Å². The van der Waals surface area contributed by atoms with Gasteiger partial charge in [0.05, 0.1) is 11.4 Å². The lowest BCUT2D eigenvalue weighted by atomic mass is 10.2. The van der Waals surface area contributed by atoms with Gasteiger partial charge in [-0.1, -0.05) is 6.92 Å². The highest BCUT2D eigenvalue weighted by molar-refractivity contribution is 7.92. The van der Waals surface area contributed by atoms with Crippen molar-refractivity contribution in [1.29, 1.82) is 0 Å². The molecule has 0 saturated carbocycles. The fourth-order valence-electron chi connectivity index (χ4n) is 1.20. The Morgan fingerprint density at radius 3 is 2.76 bits per heavy atom. The topological polar surface area (TPSA) is 71.1 Å². The second-order valence-corrected chi connectivity index (χ2v) is 6.63. The summed E-state index contributed by atoms with van der Waals surface area (Å²) >= 11 is 1.31. The van der Waals surface area contributed by atoms with Gasteiger partial charge in [-0.3, -0.25) is 4.72 Å². The number of anilines is 1. The van der Waals surface area contributed by atoms with Crippen LogP contribution in [0, 0.1) is 0 Å². The van der Waals surface area contributed by atoms with Crippen molar-refractivity contribution >= 4 is 26.5 Å². The van der Waals surface area contributed by atoms with Crippen molar-refractivity contribution < 1.29 is 8.42 Å². The van der Waals surface area contributed by atoms with Crippen molar-refractivity contribution in [3.63, 3.8) is 0 Å². The Morgan fingerprint density at radius 1 is 1.47 bits per heavy atom. The van der Waals surface area contributed by atoms with Gasteiger partial charge in [0.1, 0.15) is 0 Å². The Labute approximate surface area is 107 Å². The Hall–Kier alpha value is -0.660. The lowest BCUT2D eigenvalue weighted by Gasteiger charge is -2.09. The van der Waals surface area contributed by atoms with E-state index < -0.39 is 10.0 Å². The summed E-state index contributed by atoms with van der Waals surface area (Å²) in [6, 6.07) is 0.145. The third kappa shape index (κ3) is 4.61. The van der Waals surface area contributed by atoms with E-state index in [1.165, 1.54) is 11.3 Å². The number of rotatable bonds is 7. The number of aromatic nitrogens is 1. The molecule has 2 N–H and O–H groups in total. The summed E-state index contributed by atoms with van der Waals surface area (Å²) in [6.07, 6.45) is 1.06. The van der Waals surface area contributed by atoms with Gasteiger partial charge in [0.15, 0.2) is 5.13 Å². The normalized spacial score (nSPS) is 13.6. The Kier molecular flexibility index (Phi) is 5.35. The van der Waals surface area contributed by atoms with E-state index in [4.69, 9.17) is 0 Å². The largest absolute Gasteiger partial charge is 0.309 e. The van der Waals surface area contributed by atoms with Crippen LogP contribution in [0.5, 0.6) is 0 Å². The van der Waals surface area contributed by atoms with Gasteiger partial charge in [-0.25, -0.2) is 13.4 Å². The average molecular weight is 277 g/mol. The van der Waals surface area contributed by atoms with Crippen LogP contribution in [0.25, 0.3) is 0 Å². The van der Waals surface area contributed by atoms with E-state index in [0.717, 1.165) is 18.7 Å². The molecular formula is C10H19N3O2S2. The van der Waals surface area contributed by atoms with Gasteiger partial charge in [0, 0.05) is 11.4 Å². The molecule has 1 heterocycles. The van der Waals surface area contributed by atoms with Gasteiger partial charge < -0.3 is 5.32 Å². The fraction of sp³-hybridized carbons (Fsp3) is 0.700. The Bertz CT molecular complexity index is 442. The lowest BCUT2D eigenvalue weighted by molar-refractivity contribution is 0.561. The minimum atomic E-state index is -3.22. The van der Waals surface area contributed by atoms with E-state index in [-0.39, 0.29) is 11.8 Å². The molecule has 5 nitrogen and oxygen atoms in total. The third-order valence-corrected chi connectivity index (χ3v) is 4.46. The highest BCUT2D eigenvalue weighted by atomic mass is 32.2. The van der Waals surface area contributed by atoms with Crippen LogP contribution in [0.2, 0.25) is 0 Å². The van der Waals surface area contributed by atoms with Crippen molar-refractivity contribution in [1.82, 2.24) is 10.3 Å². The Morgan fingerprint density at radius 2 is 2.18 bits per heavy atom. The van der Waals surface area contributed by atoms with Crippen LogP contribution >= 0.6 is 11.3 Å². The fourth-order valence-corrected chi connectivity index (χ4v) is 2.88. The molecule has 0 aliphatic heterocycles. The third-order valence-electron chi connectivity index (χ3n) is 2.29. The number of nitrogens with one attached hydrogen (secondary N) is 2. The number of sulfonamides is 1. The zero-order chi connectivity index (χ0) is 12.9. The molecule has 0 fully saturated rings. The maximum Gasteiger partial charge on any atom is 0.234 e. The molecule has 1 aromatic heterocycles. The molecule has 1 unspecified atom stereocenters. The quantitative estimate of drug-likeness (QED) is 0.799. The average Bonchev–Trinajstić information content (AvgIpc) is 2.73. The second-order valence-electron chi connectivity index (χ2n) is 3.76. The zero-order valence-corrected chi connectivity index (χ0v) is 12.0. The van der Waals surface area contributed by atoms with E-state index in [0.29, 0.717) is 5.13 Å². The summed E-state index contributed by atoms with van der Waals surface area (Å²) < 4.78 is 25.2. The zero-order valence-electron chi connectivity index (χ0n) is 10.4. The van der Waals surface area contributed by atoms with Gasteiger partial charge in [0.2, 0.25) is 10.0 Å². The van der Waals surface area contributed by atoms with Crippen molar-refractivity contribution in [2.45, 2.75) is 33.2 Å². The maximum atomic E-state index is 11.4. The highest BCUT2D eigenvalue weighted by Gasteiger charge is 2.13. The van der Waals surface area contributed by atoms with Crippen molar-refractivity contribution in [2.75, 3.05) is 17.0 Å². The molecule has 0 radical (unpaired) electrons. The van der Waals surface area contributed by atoms with Crippen LogP contribution in [-0.4, -0.2) is 25.7 Å². The minimum Gasteiger partial charge on any atom is -0.309 e. The molecule has 17 heavy (non-hydrogen) atoms. The number of nitrogens with zero attached hydrogens (tertiary/aromatic N) is 1. The molecule has 0 aliphatic carbocycles. The monoisotopic (exact) mass is 277 g/mol. The van der Waals surface area contributed by atoms with Crippen LogP contribution in [0.3, 0.4) is 0 Å². The molecule has 0 aromatic carbocycles. The molecule has 0 saturated heterocycles. The molecule has 0 spiro atoms. The van der Waals surface area contributed by atoms with Crippen LogP contribution in [0.1, 0.15) is 38.9 Å². The van der Waals surface area contributed by atoms with Gasteiger partial charge in [-0.15, -0.1) is 11.3 Å². The number of hydrogen-bond donors (Lipinski definition) is 2. The summed E-state index contributed by atoms with van der Waals surface area (Å²) in [5.41, 5.74) is 0.872. The van der Waals surface area contributed by atoms with Gasteiger partial charge in [-0.2, -0.15) is 0 Å². The van der Waals surface area contributed by atoms with Crippen molar-refractivity contribution in [3.05, 3.63) is 11.1 Å². The summed E-state index contributed by atoms with van der Waals surface area (Å²) in [5, 5.41) is 5.62. The number of thiazole rings is 1. The van der Waals surface area contributed by atoms with Gasteiger partial charge in [-0.05, 0) is 26.8 Å². The summed E-state index contributed by atoms with van der Waals surface area (Å²) in [5.74, 6) is 0.0611. The molecule has 1 aromatic rings. The standard InChI is InChI=1S/C10H19N3O2S2/c1-4-6-11-8(3)9-7-16-10(12-9)13-17(14,15)5-2/h7-8,11H,4-6H2,1-3H3,(H,12,13). The van der Waals surface area contributed by atoms with Crippen LogP contribution in [0.15, 0.2) is 5.38 Å². The molecular weight excluding hydrogens is 258 g/mol. The summed E-state index contributed by atoms with van der Waals surface area (Å²) in [7, 11) is -3.22. The molecule has 98 valence electrons. The van der Waals surface area contributed by atoms with E-state index in [2.05, 4.69) is 21.9 Å². The summed E-state index contributed by atoms with van der Waals surface area (Å²) in [4.78, 5) is 4.26. The molecule has 1 atom stereocenters. The van der Waals surface area contributed by atoms with E-state index in [1.807, 2.05) is 12.3 Å². The Balaban J connectivity index is 2.65. The minimum absolute atomic E-state index is 0.0611. The van der Waals surface area contributed by atoms with Crippen LogP contribution in [0.4, 0.5) is 5.13 Å². The van der Waals surface area contributed by atoms with E-state index in [1.54, 1.807) is 6.92 Å². The molecule has 0 amide bonds. The first-order valence-corrected chi connectivity index (χ1v) is 8.21. The predicted octanol–water partition coefficient (Wildman–Crippen LogP) is 1.97.